The molecule has 1 aliphatic heterocycles. The average Bonchev–Trinajstić information content (AvgIpc) is 3.44. The van der Waals surface area contributed by atoms with Gasteiger partial charge in [-0.2, -0.15) is 0 Å². The van der Waals surface area contributed by atoms with E-state index in [9.17, 15) is 19.8 Å². The van der Waals surface area contributed by atoms with Crippen molar-refractivity contribution in [1.82, 2.24) is 14.6 Å². The topological polar surface area (TPSA) is 109 Å². The second kappa shape index (κ2) is 7.52. The number of halogens is 1. The summed E-state index contributed by atoms with van der Waals surface area (Å²) in [4.78, 5) is 26.8. The fourth-order valence-electron chi connectivity index (χ4n) is 3.67. The second-order valence-corrected chi connectivity index (χ2v) is 9.06. The molecular formula is C21H16ClN3O5S. The van der Waals surface area contributed by atoms with E-state index >= 15 is 0 Å². The number of carbonyl (C=O) groups is 2. The Kier molecular flexibility index (Phi) is 4.81. The summed E-state index contributed by atoms with van der Waals surface area (Å²) in [7, 11) is 0. The number of hydrogen-bond donors (Lipinski definition) is 2. The highest BCUT2D eigenvalue weighted by molar-refractivity contribution is 7.19. The van der Waals surface area contributed by atoms with Crippen molar-refractivity contribution in [3.05, 3.63) is 63.8 Å². The minimum Gasteiger partial charge on any atom is -0.477 e. The van der Waals surface area contributed by atoms with E-state index in [0.29, 0.717) is 45.3 Å². The first-order chi connectivity index (χ1) is 14.9. The zero-order valence-electron chi connectivity index (χ0n) is 16.0. The van der Waals surface area contributed by atoms with Crippen molar-refractivity contribution in [3.8, 4) is 10.6 Å². The lowest BCUT2D eigenvalue weighted by molar-refractivity contribution is 0.00590. The fraction of sp³-hybridized carbons (Fsp3) is 0.190. The van der Waals surface area contributed by atoms with Crippen LogP contribution in [-0.4, -0.2) is 55.9 Å². The third kappa shape index (κ3) is 3.60. The van der Waals surface area contributed by atoms with Crippen molar-refractivity contribution in [2.24, 2.45) is 0 Å². The van der Waals surface area contributed by atoms with Gasteiger partial charge in [0, 0.05) is 35.6 Å². The lowest BCUT2D eigenvalue weighted by Crippen LogP contribution is -2.53. The van der Waals surface area contributed by atoms with Crippen molar-refractivity contribution in [2.75, 3.05) is 13.1 Å². The molecule has 0 unspecified atom stereocenters. The van der Waals surface area contributed by atoms with Crippen LogP contribution < -0.4 is 0 Å². The van der Waals surface area contributed by atoms with E-state index < -0.39 is 12.1 Å². The Morgan fingerprint density at radius 3 is 2.68 bits per heavy atom. The summed E-state index contributed by atoms with van der Waals surface area (Å²) in [5, 5.41) is 23.8. The summed E-state index contributed by atoms with van der Waals surface area (Å²) in [6.45, 7) is 0.809. The minimum atomic E-state index is -1.08. The SMILES string of the molecule is O=C(O)c1cc2cc(C(=O)N3CC(O)C3)ccc2n1Cc1cc(-c2ccc(Cl)s2)on1. The number of hydrogen-bond acceptors (Lipinski definition) is 6. The van der Waals surface area contributed by atoms with Gasteiger partial charge in [0.1, 0.15) is 11.4 Å². The molecule has 4 heterocycles. The van der Waals surface area contributed by atoms with Crippen LogP contribution >= 0.6 is 22.9 Å². The monoisotopic (exact) mass is 457 g/mol. The van der Waals surface area contributed by atoms with E-state index in [-0.39, 0.29) is 18.1 Å². The summed E-state index contributed by atoms with van der Waals surface area (Å²) in [6.07, 6.45) is -0.482. The smallest absolute Gasteiger partial charge is 0.352 e. The van der Waals surface area contributed by atoms with Crippen molar-refractivity contribution in [2.45, 2.75) is 12.6 Å². The molecule has 1 amide bonds. The molecule has 10 heteroatoms. The number of amides is 1. The maximum absolute atomic E-state index is 12.5. The van der Waals surface area contributed by atoms with Crippen LogP contribution in [0.15, 0.2) is 47.0 Å². The predicted octanol–water partition coefficient (Wildman–Crippen LogP) is 3.57. The van der Waals surface area contributed by atoms with Gasteiger partial charge < -0.3 is 24.2 Å². The van der Waals surface area contributed by atoms with Gasteiger partial charge in [-0.05, 0) is 36.4 Å². The number of rotatable bonds is 5. The maximum Gasteiger partial charge on any atom is 0.352 e. The van der Waals surface area contributed by atoms with E-state index in [1.807, 2.05) is 6.07 Å². The van der Waals surface area contributed by atoms with Crippen molar-refractivity contribution in [3.63, 3.8) is 0 Å². The quantitative estimate of drug-likeness (QED) is 0.474. The molecule has 1 aromatic carbocycles. The zero-order valence-corrected chi connectivity index (χ0v) is 17.6. The standard InChI is InChI=1S/C21H16ClN3O5S/c22-19-4-3-18(31-19)17-7-13(23-30-17)8-25-15-2-1-11(20(27)24-9-14(26)10-24)5-12(15)6-16(25)21(28)29/h1-7,14,26H,8-10H2,(H,28,29). The first-order valence-electron chi connectivity index (χ1n) is 9.44. The lowest BCUT2D eigenvalue weighted by Gasteiger charge is -2.35. The molecule has 0 aliphatic carbocycles. The van der Waals surface area contributed by atoms with E-state index in [1.165, 1.54) is 11.3 Å². The number of fused-ring (bicyclic) bond motifs is 1. The van der Waals surface area contributed by atoms with Crippen molar-refractivity contribution >= 4 is 45.7 Å². The summed E-state index contributed by atoms with van der Waals surface area (Å²) < 4.78 is 7.66. The van der Waals surface area contributed by atoms with Gasteiger partial charge in [-0.25, -0.2) is 4.79 Å². The number of nitrogens with zero attached hydrogens (tertiary/aromatic N) is 3. The highest BCUT2D eigenvalue weighted by atomic mass is 35.5. The summed E-state index contributed by atoms with van der Waals surface area (Å²) in [6, 6.07) is 12.0. The molecule has 1 aliphatic rings. The van der Waals surface area contributed by atoms with Gasteiger partial charge in [0.2, 0.25) is 0 Å². The molecule has 2 N–H and O–H groups in total. The van der Waals surface area contributed by atoms with Gasteiger partial charge in [0.05, 0.1) is 21.9 Å². The molecule has 0 spiro atoms. The third-order valence-corrected chi connectivity index (χ3v) is 6.46. The molecular weight excluding hydrogens is 442 g/mol. The molecule has 3 aromatic heterocycles. The van der Waals surface area contributed by atoms with Crippen LogP contribution in [0.25, 0.3) is 21.5 Å². The number of carboxylic acid groups (broad SMARTS) is 1. The Labute approximate surface area is 184 Å². The Morgan fingerprint density at radius 2 is 2.00 bits per heavy atom. The van der Waals surface area contributed by atoms with Crippen LogP contribution in [-0.2, 0) is 6.54 Å². The molecule has 0 radical (unpaired) electrons. The van der Waals surface area contributed by atoms with Crippen molar-refractivity contribution < 1.29 is 24.3 Å². The second-order valence-electron chi connectivity index (χ2n) is 7.34. The van der Waals surface area contributed by atoms with Crippen LogP contribution in [0.3, 0.4) is 0 Å². The molecule has 4 aromatic rings. The molecule has 0 saturated carbocycles. The highest BCUT2D eigenvalue weighted by Crippen LogP contribution is 2.32. The molecule has 1 fully saturated rings. The minimum absolute atomic E-state index is 0.0858. The number of aromatic carboxylic acids is 1. The van der Waals surface area contributed by atoms with Crippen molar-refractivity contribution in [1.29, 1.82) is 0 Å². The number of thiophene rings is 1. The van der Waals surface area contributed by atoms with Crippen LogP contribution in [0, 0.1) is 0 Å². The van der Waals surface area contributed by atoms with Gasteiger partial charge in [-0.3, -0.25) is 4.79 Å². The number of benzene rings is 1. The predicted molar refractivity (Wildman–Crippen MR) is 115 cm³/mol. The van der Waals surface area contributed by atoms with Crippen LogP contribution in [0.5, 0.6) is 0 Å². The fourth-order valence-corrected chi connectivity index (χ4v) is 4.66. The van der Waals surface area contributed by atoms with Crippen LogP contribution in [0.4, 0.5) is 0 Å². The first kappa shape index (κ1) is 19.8. The van der Waals surface area contributed by atoms with E-state index in [1.54, 1.807) is 45.9 Å². The summed E-state index contributed by atoms with van der Waals surface area (Å²) in [5.74, 6) is -0.707. The molecule has 0 bridgehead atoms. The number of carbonyl (C=O) groups excluding carboxylic acids is 1. The highest BCUT2D eigenvalue weighted by Gasteiger charge is 2.29. The maximum atomic E-state index is 12.5. The van der Waals surface area contributed by atoms with E-state index in [0.717, 1.165) is 4.88 Å². The normalized spacial score (nSPS) is 14.2. The molecule has 158 valence electrons. The molecule has 5 rings (SSSR count). The van der Waals surface area contributed by atoms with Gasteiger partial charge in [0.25, 0.3) is 5.91 Å². The first-order valence-corrected chi connectivity index (χ1v) is 10.6. The van der Waals surface area contributed by atoms with E-state index in [4.69, 9.17) is 16.1 Å². The number of β-amino-alcohol motifs (C(OH)–C–C–N with tert-alkyl or cyclic N) is 1. The Hall–Kier alpha value is -3.14. The van der Waals surface area contributed by atoms with E-state index in [2.05, 4.69) is 5.16 Å². The molecule has 8 nitrogen and oxygen atoms in total. The van der Waals surface area contributed by atoms with Gasteiger partial charge in [-0.15, -0.1) is 11.3 Å². The molecule has 1 saturated heterocycles. The Morgan fingerprint density at radius 1 is 1.19 bits per heavy atom. The van der Waals surface area contributed by atoms with Gasteiger partial charge in [0.15, 0.2) is 5.76 Å². The summed E-state index contributed by atoms with van der Waals surface area (Å²) in [5.41, 5.74) is 1.77. The number of aromatic nitrogens is 2. The molecule has 31 heavy (non-hydrogen) atoms. The zero-order chi connectivity index (χ0) is 21.7. The largest absolute Gasteiger partial charge is 0.477 e. The lowest BCUT2D eigenvalue weighted by atomic mass is 10.1. The van der Waals surface area contributed by atoms with Gasteiger partial charge >= 0.3 is 5.97 Å². The Balaban J connectivity index is 1.47. The van der Waals surface area contributed by atoms with Gasteiger partial charge in [-0.1, -0.05) is 16.8 Å². The number of aliphatic hydroxyl groups excluding tert-OH is 1. The third-order valence-electron chi connectivity index (χ3n) is 5.21. The summed E-state index contributed by atoms with van der Waals surface area (Å²) >= 11 is 7.34. The number of carboxylic acids is 1. The number of aliphatic hydroxyl groups is 1. The molecule has 0 atom stereocenters. The Bertz CT molecular complexity index is 1320. The van der Waals surface area contributed by atoms with Crippen LogP contribution in [0.1, 0.15) is 26.5 Å². The van der Waals surface area contributed by atoms with Crippen LogP contribution in [0.2, 0.25) is 4.34 Å². The average molecular weight is 458 g/mol. The number of likely N-dealkylation sites (tertiary alicyclic amines) is 1.